The number of hydrogen-bond donors (Lipinski definition) is 0. The SMILES string of the molecule is CS(=O)(=O)Cc1ccc(C(=O)N2CCN(c3ncccn3)CC2)cc1. The van der Waals surface area contributed by atoms with Gasteiger partial charge in [0.2, 0.25) is 5.95 Å². The van der Waals surface area contributed by atoms with Crippen LogP contribution >= 0.6 is 0 Å². The van der Waals surface area contributed by atoms with Crippen LogP contribution in [0.5, 0.6) is 0 Å². The standard InChI is InChI=1S/C17H20N4O3S/c1-25(23,24)13-14-3-5-15(6-4-14)16(22)20-9-11-21(12-10-20)17-18-7-2-8-19-17/h2-8H,9-13H2,1H3. The quantitative estimate of drug-likeness (QED) is 0.808. The fourth-order valence-electron chi connectivity index (χ4n) is 2.79. The highest BCUT2D eigenvalue weighted by Crippen LogP contribution is 2.14. The molecule has 0 saturated carbocycles. The van der Waals surface area contributed by atoms with E-state index < -0.39 is 9.84 Å². The van der Waals surface area contributed by atoms with Gasteiger partial charge in [0.25, 0.3) is 5.91 Å². The van der Waals surface area contributed by atoms with Crippen molar-refractivity contribution in [3.8, 4) is 0 Å². The first kappa shape index (κ1) is 17.3. The molecule has 0 atom stereocenters. The van der Waals surface area contributed by atoms with Crippen molar-refractivity contribution in [2.75, 3.05) is 37.3 Å². The molecule has 8 heteroatoms. The predicted octanol–water partition coefficient (Wildman–Crippen LogP) is 0.984. The molecule has 0 radical (unpaired) electrons. The van der Waals surface area contributed by atoms with Gasteiger partial charge in [0, 0.05) is 50.4 Å². The van der Waals surface area contributed by atoms with Gasteiger partial charge in [-0.15, -0.1) is 0 Å². The van der Waals surface area contributed by atoms with Gasteiger partial charge in [-0.25, -0.2) is 18.4 Å². The lowest BCUT2D eigenvalue weighted by Gasteiger charge is -2.34. The van der Waals surface area contributed by atoms with Crippen LogP contribution in [-0.4, -0.2) is 61.6 Å². The highest BCUT2D eigenvalue weighted by Gasteiger charge is 2.23. The van der Waals surface area contributed by atoms with E-state index in [0.29, 0.717) is 43.3 Å². The molecule has 2 heterocycles. The Labute approximate surface area is 147 Å². The lowest BCUT2D eigenvalue weighted by Crippen LogP contribution is -2.49. The molecule has 0 aliphatic carbocycles. The zero-order valence-corrected chi connectivity index (χ0v) is 14.8. The van der Waals surface area contributed by atoms with Crippen LogP contribution in [-0.2, 0) is 15.6 Å². The molecule has 1 fully saturated rings. The highest BCUT2D eigenvalue weighted by molar-refractivity contribution is 7.89. The Bertz CT molecular complexity index is 830. The topological polar surface area (TPSA) is 83.5 Å². The number of piperazine rings is 1. The highest BCUT2D eigenvalue weighted by atomic mass is 32.2. The minimum absolute atomic E-state index is 0.0166. The lowest BCUT2D eigenvalue weighted by molar-refractivity contribution is 0.0746. The van der Waals surface area contributed by atoms with Crippen molar-refractivity contribution in [3.05, 3.63) is 53.9 Å². The number of amides is 1. The maximum absolute atomic E-state index is 12.6. The van der Waals surface area contributed by atoms with Crippen molar-refractivity contribution >= 4 is 21.7 Å². The van der Waals surface area contributed by atoms with Crippen LogP contribution in [0, 0.1) is 0 Å². The molecular weight excluding hydrogens is 340 g/mol. The minimum atomic E-state index is -3.08. The van der Waals surface area contributed by atoms with E-state index in [1.165, 1.54) is 6.26 Å². The van der Waals surface area contributed by atoms with Crippen molar-refractivity contribution in [1.29, 1.82) is 0 Å². The Kier molecular flexibility index (Phi) is 4.98. The Morgan fingerprint density at radius 3 is 2.20 bits per heavy atom. The van der Waals surface area contributed by atoms with E-state index in [1.807, 2.05) is 0 Å². The molecule has 1 aromatic heterocycles. The average molecular weight is 360 g/mol. The van der Waals surface area contributed by atoms with E-state index >= 15 is 0 Å². The monoisotopic (exact) mass is 360 g/mol. The first-order valence-corrected chi connectivity index (χ1v) is 10.1. The summed E-state index contributed by atoms with van der Waals surface area (Å²) in [5, 5.41) is 0. The molecule has 0 unspecified atom stereocenters. The summed E-state index contributed by atoms with van der Waals surface area (Å²) in [5.74, 6) is 0.622. The van der Waals surface area contributed by atoms with Crippen LogP contribution in [0.25, 0.3) is 0 Å². The number of sulfone groups is 1. The molecule has 132 valence electrons. The number of aromatic nitrogens is 2. The molecule has 0 N–H and O–H groups in total. The fraction of sp³-hybridized carbons (Fsp3) is 0.353. The summed E-state index contributed by atoms with van der Waals surface area (Å²) < 4.78 is 22.6. The van der Waals surface area contributed by atoms with Crippen LogP contribution < -0.4 is 4.90 Å². The van der Waals surface area contributed by atoms with E-state index in [-0.39, 0.29) is 11.7 Å². The Morgan fingerprint density at radius 1 is 1.04 bits per heavy atom. The summed E-state index contributed by atoms with van der Waals surface area (Å²) in [6.45, 7) is 2.56. The van der Waals surface area contributed by atoms with Crippen molar-refractivity contribution in [1.82, 2.24) is 14.9 Å². The van der Waals surface area contributed by atoms with Gasteiger partial charge in [-0.2, -0.15) is 0 Å². The molecule has 25 heavy (non-hydrogen) atoms. The third kappa shape index (κ3) is 4.54. The molecule has 3 rings (SSSR count). The molecule has 2 aromatic rings. The van der Waals surface area contributed by atoms with E-state index in [1.54, 1.807) is 47.6 Å². The molecule has 0 spiro atoms. The third-order valence-corrected chi connectivity index (χ3v) is 4.89. The molecule has 1 amide bonds. The van der Waals surface area contributed by atoms with Gasteiger partial charge in [-0.05, 0) is 23.8 Å². The zero-order valence-electron chi connectivity index (χ0n) is 14.0. The van der Waals surface area contributed by atoms with Gasteiger partial charge >= 0.3 is 0 Å². The van der Waals surface area contributed by atoms with E-state index in [2.05, 4.69) is 14.9 Å². The second kappa shape index (κ2) is 7.18. The maximum Gasteiger partial charge on any atom is 0.253 e. The van der Waals surface area contributed by atoms with Gasteiger partial charge in [-0.1, -0.05) is 12.1 Å². The average Bonchev–Trinajstić information content (AvgIpc) is 2.61. The Morgan fingerprint density at radius 2 is 1.64 bits per heavy atom. The lowest BCUT2D eigenvalue weighted by atomic mass is 10.1. The number of rotatable bonds is 4. The summed E-state index contributed by atoms with van der Waals surface area (Å²) >= 11 is 0. The smallest absolute Gasteiger partial charge is 0.253 e. The first-order valence-electron chi connectivity index (χ1n) is 8.00. The number of anilines is 1. The number of carbonyl (C=O) groups is 1. The second-order valence-electron chi connectivity index (χ2n) is 6.10. The largest absolute Gasteiger partial charge is 0.337 e. The van der Waals surface area contributed by atoms with Crippen LogP contribution in [0.4, 0.5) is 5.95 Å². The Balaban J connectivity index is 1.61. The van der Waals surface area contributed by atoms with E-state index in [4.69, 9.17) is 0 Å². The summed E-state index contributed by atoms with van der Waals surface area (Å²) in [6, 6.07) is 8.55. The molecule has 1 aromatic carbocycles. The van der Waals surface area contributed by atoms with E-state index in [9.17, 15) is 13.2 Å². The maximum atomic E-state index is 12.6. The first-order chi connectivity index (χ1) is 11.9. The van der Waals surface area contributed by atoms with Crippen LogP contribution in [0.1, 0.15) is 15.9 Å². The third-order valence-electron chi connectivity index (χ3n) is 4.03. The predicted molar refractivity (Wildman–Crippen MR) is 95.1 cm³/mol. The molecule has 7 nitrogen and oxygen atoms in total. The molecule has 0 bridgehead atoms. The molecular formula is C17H20N4O3S. The van der Waals surface area contributed by atoms with Gasteiger partial charge in [0.15, 0.2) is 9.84 Å². The second-order valence-corrected chi connectivity index (χ2v) is 8.24. The Hall–Kier alpha value is -2.48. The number of benzene rings is 1. The van der Waals surface area contributed by atoms with Gasteiger partial charge in [0.1, 0.15) is 0 Å². The number of nitrogens with zero attached hydrogens (tertiary/aromatic N) is 4. The van der Waals surface area contributed by atoms with Crippen molar-refractivity contribution in [3.63, 3.8) is 0 Å². The van der Waals surface area contributed by atoms with Crippen LogP contribution in [0.2, 0.25) is 0 Å². The minimum Gasteiger partial charge on any atom is -0.337 e. The number of hydrogen-bond acceptors (Lipinski definition) is 6. The molecule has 1 aliphatic heterocycles. The van der Waals surface area contributed by atoms with Gasteiger partial charge in [0.05, 0.1) is 5.75 Å². The normalized spacial score (nSPS) is 15.2. The summed E-state index contributed by atoms with van der Waals surface area (Å²) in [6.07, 6.45) is 4.61. The van der Waals surface area contributed by atoms with Gasteiger partial charge in [-0.3, -0.25) is 4.79 Å². The van der Waals surface area contributed by atoms with Crippen molar-refractivity contribution in [2.45, 2.75) is 5.75 Å². The van der Waals surface area contributed by atoms with Crippen molar-refractivity contribution < 1.29 is 13.2 Å². The number of carbonyl (C=O) groups excluding carboxylic acids is 1. The summed E-state index contributed by atoms with van der Waals surface area (Å²) in [5.41, 5.74) is 1.26. The molecule has 1 aliphatic rings. The fourth-order valence-corrected chi connectivity index (χ4v) is 3.59. The summed E-state index contributed by atoms with van der Waals surface area (Å²) in [7, 11) is -3.08. The zero-order chi connectivity index (χ0) is 17.9. The van der Waals surface area contributed by atoms with Crippen molar-refractivity contribution in [2.24, 2.45) is 0 Å². The van der Waals surface area contributed by atoms with Gasteiger partial charge < -0.3 is 9.80 Å². The van der Waals surface area contributed by atoms with E-state index in [0.717, 1.165) is 0 Å². The molecule has 1 saturated heterocycles. The van der Waals surface area contributed by atoms with Crippen LogP contribution in [0.3, 0.4) is 0 Å². The summed E-state index contributed by atoms with van der Waals surface area (Å²) in [4.78, 5) is 24.9. The van der Waals surface area contributed by atoms with Crippen LogP contribution in [0.15, 0.2) is 42.7 Å².